The minimum atomic E-state index is -0.0590. The summed E-state index contributed by atoms with van der Waals surface area (Å²) in [4.78, 5) is 14.4. The van der Waals surface area contributed by atoms with Gasteiger partial charge in [-0.2, -0.15) is 0 Å². The lowest BCUT2D eigenvalue weighted by Gasteiger charge is -2.16. The Labute approximate surface area is 151 Å². The number of fused-ring (bicyclic) bond motifs is 1. The number of likely N-dealkylation sites (tertiary alicyclic amines) is 1. The van der Waals surface area contributed by atoms with E-state index >= 15 is 0 Å². The molecular weight excluding hydrogens is 330 g/mol. The summed E-state index contributed by atoms with van der Waals surface area (Å²) in [6, 6.07) is 15.5. The molecule has 0 radical (unpaired) electrons. The van der Waals surface area contributed by atoms with Gasteiger partial charge < -0.3 is 19.5 Å². The summed E-state index contributed by atoms with van der Waals surface area (Å²) in [6.45, 7) is 0.952. The highest BCUT2D eigenvalue weighted by Crippen LogP contribution is 2.27. The van der Waals surface area contributed by atoms with Gasteiger partial charge in [0.1, 0.15) is 5.58 Å². The van der Waals surface area contributed by atoms with E-state index in [0.717, 1.165) is 22.1 Å². The van der Waals surface area contributed by atoms with Crippen molar-refractivity contribution in [2.75, 3.05) is 26.3 Å². The first kappa shape index (κ1) is 16.8. The van der Waals surface area contributed by atoms with E-state index in [2.05, 4.69) is 6.07 Å². The zero-order valence-electron chi connectivity index (χ0n) is 14.3. The highest BCUT2D eigenvalue weighted by Gasteiger charge is 2.34. The van der Waals surface area contributed by atoms with Gasteiger partial charge in [0.2, 0.25) is 0 Å². The van der Waals surface area contributed by atoms with Gasteiger partial charge in [0.15, 0.2) is 0 Å². The molecule has 1 aromatic heterocycles. The van der Waals surface area contributed by atoms with Crippen LogP contribution >= 0.6 is 0 Å². The summed E-state index contributed by atoms with van der Waals surface area (Å²) in [5.74, 6) is -0.161. The number of hydrogen-bond acceptors (Lipinski definition) is 4. The van der Waals surface area contributed by atoms with Crippen molar-refractivity contribution < 1.29 is 19.4 Å². The van der Waals surface area contributed by atoms with E-state index in [1.165, 1.54) is 0 Å². The number of benzene rings is 2. The van der Waals surface area contributed by atoms with Gasteiger partial charge in [-0.25, -0.2) is 0 Å². The number of aliphatic hydroxyl groups is 2. The molecule has 5 nitrogen and oxygen atoms in total. The third-order valence-corrected chi connectivity index (χ3v) is 5.25. The van der Waals surface area contributed by atoms with Crippen molar-refractivity contribution in [3.63, 3.8) is 0 Å². The van der Waals surface area contributed by atoms with Crippen molar-refractivity contribution in [2.45, 2.75) is 0 Å². The largest absolute Gasteiger partial charge is 0.464 e. The van der Waals surface area contributed by atoms with Crippen LogP contribution in [0.2, 0.25) is 0 Å². The van der Waals surface area contributed by atoms with E-state index in [0.29, 0.717) is 18.7 Å². The molecule has 134 valence electrons. The van der Waals surface area contributed by atoms with Crippen LogP contribution in [0.5, 0.6) is 0 Å². The van der Waals surface area contributed by atoms with Crippen molar-refractivity contribution in [2.24, 2.45) is 11.8 Å². The monoisotopic (exact) mass is 351 g/mol. The summed E-state index contributed by atoms with van der Waals surface area (Å²) in [6.07, 6.45) is 1.67. The van der Waals surface area contributed by atoms with Gasteiger partial charge in [-0.05, 0) is 41.5 Å². The van der Waals surface area contributed by atoms with E-state index in [4.69, 9.17) is 4.42 Å². The minimum Gasteiger partial charge on any atom is -0.464 e. The third-order valence-electron chi connectivity index (χ3n) is 5.25. The number of aliphatic hydroxyl groups excluding tert-OH is 2. The van der Waals surface area contributed by atoms with Crippen LogP contribution in [0.25, 0.3) is 22.1 Å². The Kier molecular flexibility index (Phi) is 4.49. The van der Waals surface area contributed by atoms with Gasteiger partial charge in [0.25, 0.3) is 5.91 Å². The lowest BCUT2D eigenvalue weighted by atomic mass is 9.98. The molecule has 4 rings (SSSR count). The maximum Gasteiger partial charge on any atom is 0.253 e. The van der Waals surface area contributed by atoms with Crippen molar-refractivity contribution in [1.29, 1.82) is 0 Å². The first-order valence-electron chi connectivity index (χ1n) is 8.78. The molecular formula is C21H21NO4. The molecule has 5 heteroatoms. The molecule has 1 aliphatic heterocycles. The normalized spacial score (nSPS) is 20.0. The van der Waals surface area contributed by atoms with E-state index in [9.17, 15) is 15.0 Å². The molecule has 26 heavy (non-hydrogen) atoms. The summed E-state index contributed by atoms with van der Waals surface area (Å²) in [7, 11) is 0. The molecule has 1 amide bonds. The summed E-state index contributed by atoms with van der Waals surface area (Å²) in [5.41, 5.74) is 3.58. The molecule has 0 spiro atoms. The summed E-state index contributed by atoms with van der Waals surface area (Å²) >= 11 is 0. The molecule has 2 atom stereocenters. The van der Waals surface area contributed by atoms with Crippen LogP contribution < -0.4 is 0 Å². The van der Waals surface area contributed by atoms with Crippen molar-refractivity contribution in [3.05, 3.63) is 60.4 Å². The Balaban J connectivity index is 1.53. The number of furan rings is 1. The molecule has 1 aliphatic rings. The highest BCUT2D eigenvalue weighted by molar-refractivity contribution is 5.95. The van der Waals surface area contributed by atoms with Gasteiger partial charge >= 0.3 is 0 Å². The maximum atomic E-state index is 12.7. The fraction of sp³-hybridized carbons (Fsp3) is 0.286. The average Bonchev–Trinajstić information content (AvgIpc) is 3.33. The number of rotatable bonds is 4. The Morgan fingerprint density at radius 1 is 0.962 bits per heavy atom. The topological polar surface area (TPSA) is 73.9 Å². The predicted octanol–water partition coefficient (Wildman–Crippen LogP) is 2.77. The molecule has 3 aromatic rings. The number of carbonyl (C=O) groups excluding carboxylic acids is 1. The molecule has 2 heterocycles. The van der Waals surface area contributed by atoms with Gasteiger partial charge in [0.05, 0.1) is 6.26 Å². The first-order chi connectivity index (χ1) is 12.7. The SMILES string of the molecule is O=C(c1ccc(-c2ccc3occc3c2)cc1)N1C[C@H](CO)[C@@H](CO)C1. The lowest BCUT2D eigenvalue weighted by Crippen LogP contribution is -2.29. The van der Waals surface area contributed by atoms with Gasteiger partial charge in [-0.1, -0.05) is 18.2 Å². The zero-order chi connectivity index (χ0) is 18.1. The molecule has 0 aliphatic carbocycles. The highest BCUT2D eigenvalue weighted by atomic mass is 16.3. The fourth-order valence-electron chi connectivity index (χ4n) is 3.65. The number of nitrogens with zero attached hydrogens (tertiary/aromatic N) is 1. The van der Waals surface area contributed by atoms with Gasteiger partial charge in [-0.3, -0.25) is 4.79 Å². The molecule has 0 unspecified atom stereocenters. The molecule has 1 fully saturated rings. The van der Waals surface area contributed by atoms with Crippen LogP contribution in [0.15, 0.2) is 59.2 Å². The van der Waals surface area contributed by atoms with E-state index in [-0.39, 0.29) is 31.0 Å². The van der Waals surface area contributed by atoms with E-state index in [1.54, 1.807) is 11.2 Å². The van der Waals surface area contributed by atoms with Gasteiger partial charge in [-0.15, -0.1) is 0 Å². The lowest BCUT2D eigenvalue weighted by molar-refractivity contribution is 0.0778. The van der Waals surface area contributed by atoms with E-state index in [1.807, 2.05) is 42.5 Å². The van der Waals surface area contributed by atoms with Gasteiger partial charge in [0, 0.05) is 49.1 Å². The standard InChI is InChI=1S/C21H21NO4/c23-12-18-10-22(11-19(18)13-24)21(25)15-3-1-14(2-4-15)16-5-6-20-17(9-16)7-8-26-20/h1-9,18-19,23-24H,10-13H2/t18-,19-/m1/s1. The second kappa shape index (κ2) is 6.94. The van der Waals surface area contributed by atoms with Crippen LogP contribution in [0.4, 0.5) is 0 Å². The maximum absolute atomic E-state index is 12.7. The van der Waals surface area contributed by atoms with Crippen molar-refractivity contribution >= 4 is 16.9 Å². The smallest absolute Gasteiger partial charge is 0.253 e. The van der Waals surface area contributed by atoms with Crippen LogP contribution in [-0.4, -0.2) is 47.3 Å². The number of amides is 1. The quantitative estimate of drug-likeness (QED) is 0.758. The molecule has 2 N–H and O–H groups in total. The molecule has 2 aromatic carbocycles. The molecule has 0 bridgehead atoms. The van der Waals surface area contributed by atoms with Crippen LogP contribution in [-0.2, 0) is 0 Å². The Hall–Kier alpha value is -2.63. The van der Waals surface area contributed by atoms with Crippen LogP contribution in [0.1, 0.15) is 10.4 Å². The second-order valence-corrected chi connectivity index (χ2v) is 6.85. The third kappa shape index (κ3) is 3.00. The number of hydrogen-bond donors (Lipinski definition) is 2. The van der Waals surface area contributed by atoms with Crippen LogP contribution in [0, 0.1) is 11.8 Å². The minimum absolute atomic E-state index is 0.00949. The summed E-state index contributed by atoms with van der Waals surface area (Å²) in [5, 5.41) is 19.9. The fourth-order valence-corrected chi connectivity index (χ4v) is 3.65. The Morgan fingerprint density at radius 2 is 1.62 bits per heavy atom. The average molecular weight is 351 g/mol. The van der Waals surface area contributed by atoms with Crippen molar-refractivity contribution in [3.8, 4) is 11.1 Å². The summed E-state index contributed by atoms with van der Waals surface area (Å²) < 4.78 is 5.37. The molecule has 0 saturated carbocycles. The van der Waals surface area contributed by atoms with E-state index < -0.39 is 0 Å². The Morgan fingerprint density at radius 3 is 2.27 bits per heavy atom. The Bertz CT molecular complexity index is 903. The second-order valence-electron chi connectivity index (χ2n) is 6.85. The predicted molar refractivity (Wildman–Crippen MR) is 98.7 cm³/mol. The van der Waals surface area contributed by atoms with Crippen molar-refractivity contribution in [1.82, 2.24) is 4.90 Å². The molecule has 1 saturated heterocycles. The zero-order valence-corrected chi connectivity index (χ0v) is 14.3. The number of carbonyl (C=O) groups is 1. The first-order valence-corrected chi connectivity index (χ1v) is 8.78. The van der Waals surface area contributed by atoms with Crippen LogP contribution in [0.3, 0.4) is 0 Å².